The fourth-order valence-corrected chi connectivity index (χ4v) is 2.42. The highest BCUT2D eigenvalue weighted by Crippen LogP contribution is 2.27. The quantitative estimate of drug-likeness (QED) is 0.883. The third-order valence-corrected chi connectivity index (χ3v) is 4.35. The maximum Gasteiger partial charge on any atom is 0.234 e. The van der Waals surface area contributed by atoms with Crippen LogP contribution < -0.4 is 4.72 Å². The van der Waals surface area contributed by atoms with Crippen LogP contribution in [0.2, 0.25) is 0 Å². The van der Waals surface area contributed by atoms with Crippen molar-refractivity contribution in [2.45, 2.75) is 33.1 Å². The Bertz CT molecular complexity index is 431. The minimum absolute atomic E-state index is 0.0391. The van der Waals surface area contributed by atoms with Gasteiger partial charge in [-0.2, -0.15) is 0 Å². The SMILES string of the molecule is CCS(=O)(=O)Nc1nnc(C(C)(C)C)s1. The molecule has 0 spiro atoms. The van der Waals surface area contributed by atoms with Crippen LogP contribution >= 0.6 is 11.3 Å². The molecule has 1 heterocycles. The van der Waals surface area contributed by atoms with Crippen LogP contribution in [0.25, 0.3) is 0 Å². The van der Waals surface area contributed by atoms with Crippen LogP contribution in [-0.2, 0) is 15.4 Å². The Morgan fingerprint density at radius 1 is 1.33 bits per heavy atom. The molecule has 0 aliphatic carbocycles. The van der Waals surface area contributed by atoms with Gasteiger partial charge >= 0.3 is 0 Å². The van der Waals surface area contributed by atoms with Gasteiger partial charge in [-0.15, -0.1) is 10.2 Å². The number of nitrogens with zero attached hydrogens (tertiary/aromatic N) is 2. The van der Waals surface area contributed by atoms with Gasteiger partial charge in [-0.3, -0.25) is 4.72 Å². The first kappa shape index (κ1) is 12.4. The van der Waals surface area contributed by atoms with E-state index in [0.717, 1.165) is 5.01 Å². The zero-order chi connectivity index (χ0) is 11.7. The first-order chi connectivity index (χ1) is 6.74. The van der Waals surface area contributed by atoms with Crippen molar-refractivity contribution >= 4 is 26.5 Å². The fourth-order valence-electron chi connectivity index (χ4n) is 0.773. The van der Waals surface area contributed by atoms with Crippen LogP contribution in [0.4, 0.5) is 5.13 Å². The van der Waals surface area contributed by atoms with E-state index in [1.54, 1.807) is 6.92 Å². The van der Waals surface area contributed by atoms with Crippen molar-refractivity contribution in [3.63, 3.8) is 0 Å². The van der Waals surface area contributed by atoms with Crippen LogP contribution in [0.1, 0.15) is 32.7 Å². The minimum Gasteiger partial charge on any atom is -0.257 e. The molecular formula is C8H15N3O2S2. The summed E-state index contributed by atoms with van der Waals surface area (Å²) in [5, 5.41) is 8.89. The highest BCUT2D eigenvalue weighted by atomic mass is 32.2. The van der Waals surface area contributed by atoms with Crippen LogP contribution in [0.3, 0.4) is 0 Å². The Morgan fingerprint density at radius 2 is 1.93 bits per heavy atom. The average molecular weight is 249 g/mol. The molecule has 0 saturated carbocycles. The van der Waals surface area contributed by atoms with Gasteiger partial charge in [0.1, 0.15) is 5.01 Å². The normalized spacial score (nSPS) is 12.8. The molecule has 0 bridgehead atoms. The summed E-state index contributed by atoms with van der Waals surface area (Å²) < 4.78 is 24.9. The van der Waals surface area contributed by atoms with Crippen LogP contribution in [-0.4, -0.2) is 24.4 Å². The third-order valence-electron chi connectivity index (χ3n) is 1.69. The molecule has 0 unspecified atom stereocenters. The maximum absolute atomic E-state index is 11.3. The smallest absolute Gasteiger partial charge is 0.234 e. The van der Waals surface area contributed by atoms with E-state index in [1.807, 2.05) is 20.8 Å². The summed E-state index contributed by atoms with van der Waals surface area (Å²) in [5.41, 5.74) is -0.104. The highest BCUT2D eigenvalue weighted by molar-refractivity contribution is 7.92. The molecule has 1 aromatic rings. The van der Waals surface area contributed by atoms with Crippen molar-refractivity contribution < 1.29 is 8.42 Å². The number of rotatable bonds is 3. The number of hydrogen-bond donors (Lipinski definition) is 1. The summed E-state index contributed by atoms with van der Waals surface area (Å²) in [6, 6.07) is 0. The predicted molar refractivity (Wildman–Crippen MR) is 61.7 cm³/mol. The number of hydrogen-bond acceptors (Lipinski definition) is 5. The monoisotopic (exact) mass is 249 g/mol. The Morgan fingerprint density at radius 3 is 2.33 bits per heavy atom. The van der Waals surface area contributed by atoms with Crippen molar-refractivity contribution in [3.8, 4) is 0 Å². The highest BCUT2D eigenvalue weighted by Gasteiger charge is 2.20. The number of aromatic nitrogens is 2. The van der Waals surface area contributed by atoms with E-state index in [9.17, 15) is 8.42 Å². The van der Waals surface area contributed by atoms with E-state index in [1.165, 1.54) is 11.3 Å². The van der Waals surface area contributed by atoms with Crippen LogP contribution in [0.15, 0.2) is 0 Å². The standard InChI is InChI=1S/C8H15N3O2S2/c1-5-15(12,13)11-7-10-9-6(14-7)8(2,3)4/h5H2,1-4H3,(H,10,11). The Hall–Kier alpha value is -0.690. The van der Waals surface area contributed by atoms with E-state index in [0.29, 0.717) is 5.13 Å². The van der Waals surface area contributed by atoms with Crippen LogP contribution in [0.5, 0.6) is 0 Å². The van der Waals surface area contributed by atoms with E-state index in [2.05, 4.69) is 14.9 Å². The van der Waals surface area contributed by atoms with Gasteiger partial charge in [0.05, 0.1) is 5.75 Å². The average Bonchev–Trinajstić information content (AvgIpc) is 2.51. The largest absolute Gasteiger partial charge is 0.257 e. The molecule has 1 rings (SSSR count). The molecule has 0 aliphatic rings. The fraction of sp³-hybridized carbons (Fsp3) is 0.750. The second-order valence-electron chi connectivity index (χ2n) is 4.17. The van der Waals surface area contributed by atoms with Crippen molar-refractivity contribution in [2.24, 2.45) is 0 Å². The van der Waals surface area contributed by atoms with Crippen LogP contribution in [0, 0.1) is 0 Å². The first-order valence-electron chi connectivity index (χ1n) is 4.59. The Kier molecular flexibility index (Phi) is 3.34. The number of anilines is 1. The van der Waals surface area contributed by atoms with E-state index < -0.39 is 10.0 Å². The Balaban J connectivity index is 2.87. The second-order valence-corrected chi connectivity index (χ2v) is 7.16. The lowest BCUT2D eigenvalue weighted by molar-refractivity contribution is 0.578. The molecule has 5 nitrogen and oxygen atoms in total. The lowest BCUT2D eigenvalue weighted by Crippen LogP contribution is -2.14. The summed E-state index contributed by atoms with van der Waals surface area (Å²) in [4.78, 5) is 0. The topological polar surface area (TPSA) is 72.0 Å². The predicted octanol–water partition coefficient (Wildman–Crippen LogP) is 1.60. The molecule has 0 aliphatic heterocycles. The summed E-state index contributed by atoms with van der Waals surface area (Å²) in [5.74, 6) is 0.0391. The minimum atomic E-state index is -3.25. The molecule has 1 N–H and O–H groups in total. The van der Waals surface area contributed by atoms with Gasteiger partial charge in [-0.25, -0.2) is 8.42 Å². The molecular weight excluding hydrogens is 234 g/mol. The number of sulfonamides is 1. The van der Waals surface area contributed by atoms with Crippen molar-refractivity contribution in [1.29, 1.82) is 0 Å². The zero-order valence-corrected chi connectivity index (χ0v) is 10.9. The van der Waals surface area contributed by atoms with E-state index in [-0.39, 0.29) is 11.2 Å². The second kappa shape index (κ2) is 4.05. The van der Waals surface area contributed by atoms with Gasteiger partial charge in [-0.1, -0.05) is 32.1 Å². The van der Waals surface area contributed by atoms with Gasteiger partial charge < -0.3 is 0 Å². The summed E-state index contributed by atoms with van der Waals surface area (Å²) >= 11 is 1.27. The molecule has 86 valence electrons. The van der Waals surface area contributed by atoms with Gasteiger partial charge in [0.25, 0.3) is 0 Å². The molecule has 0 fully saturated rings. The summed E-state index contributed by atoms with van der Waals surface area (Å²) in [6.45, 7) is 7.59. The molecule has 0 amide bonds. The van der Waals surface area contributed by atoms with Gasteiger partial charge in [0.15, 0.2) is 0 Å². The Labute approximate surface area is 94.0 Å². The summed E-state index contributed by atoms with van der Waals surface area (Å²) in [6.07, 6.45) is 0. The molecule has 0 radical (unpaired) electrons. The van der Waals surface area contributed by atoms with E-state index in [4.69, 9.17) is 0 Å². The first-order valence-corrected chi connectivity index (χ1v) is 7.06. The molecule has 0 aromatic carbocycles. The lowest BCUT2D eigenvalue weighted by atomic mass is 9.98. The molecule has 7 heteroatoms. The number of nitrogens with one attached hydrogen (secondary N) is 1. The molecule has 1 aromatic heterocycles. The molecule has 15 heavy (non-hydrogen) atoms. The summed E-state index contributed by atoms with van der Waals surface area (Å²) in [7, 11) is -3.25. The molecule has 0 atom stereocenters. The van der Waals surface area contributed by atoms with Crippen molar-refractivity contribution in [3.05, 3.63) is 5.01 Å². The molecule has 0 saturated heterocycles. The van der Waals surface area contributed by atoms with Crippen molar-refractivity contribution in [1.82, 2.24) is 10.2 Å². The lowest BCUT2D eigenvalue weighted by Gasteiger charge is -2.12. The van der Waals surface area contributed by atoms with Gasteiger partial charge in [-0.05, 0) is 6.92 Å². The van der Waals surface area contributed by atoms with Crippen molar-refractivity contribution in [2.75, 3.05) is 10.5 Å². The van der Waals surface area contributed by atoms with Gasteiger partial charge in [0.2, 0.25) is 15.2 Å². The zero-order valence-electron chi connectivity index (χ0n) is 9.23. The van der Waals surface area contributed by atoms with E-state index >= 15 is 0 Å². The third kappa shape index (κ3) is 3.42. The van der Waals surface area contributed by atoms with Gasteiger partial charge in [0, 0.05) is 5.41 Å². The maximum atomic E-state index is 11.3.